The summed E-state index contributed by atoms with van der Waals surface area (Å²) in [5.41, 5.74) is 1.18. The van der Waals surface area contributed by atoms with Gasteiger partial charge in [-0.15, -0.1) is 0 Å². The van der Waals surface area contributed by atoms with Crippen molar-refractivity contribution in [3.63, 3.8) is 0 Å². The standard InChI is InChI=1S/C25H28Cl2FN3O2/c26-19-8-9-21(22(27)15-19)25(33)31-12-10-30(11-13-31)23(18-5-1-2-6-18)24(32)29-16-17-4-3-7-20(28)14-17/h3-4,7-9,14-15,18,23H,1-2,5-6,10-13,16H2,(H,29,32). The number of halogens is 3. The molecule has 4 rings (SSSR count). The molecule has 1 aliphatic heterocycles. The van der Waals surface area contributed by atoms with E-state index < -0.39 is 0 Å². The number of nitrogens with zero attached hydrogens (tertiary/aromatic N) is 2. The van der Waals surface area contributed by atoms with E-state index in [1.807, 2.05) is 0 Å². The summed E-state index contributed by atoms with van der Waals surface area (Å²) >= 11 is 12.2. The molecule has 2 aromatic rings. The molecule has 1 saturated carbocycles. The van der Waals surface area contributed by atoms with Gasteiger partial charge in [0.15, 0.2) is 0 Å². The Morgan fingerprint density at radius 1 is 1.03 bits per heavy atom. The second-order valence-electron chi connectivity index (χ2n) is 8.79. The van der Waals surface area contributed by atoms with Gasteiger partial charge in [-0.05, 0) is 54.7 Å². The fraction of sp³-hybridized carbons (Fsp3) is 0.440. The quantitative estimate of drug-likeness (QED) is 0.633. The Balaban J connectivity index is 1.40. The summed E-state index contributed by atoms with van der Waals surface area (Å²) in [5, 5.41) is 3.85. The van der Waals surface area contributed by atoms with Gasteiger partial charge in [0.2, 0.25) is 5.91 Å². The summed E-state index contributed by atoms with van der Waals surface area (Å²) in [6.45, 7) is 2.58. The Morgan fingerprint density at radius 2 is 1.76 bits per heavy atom. The lowest BCUT2D eigenvalue weighted by atomic mass is 9.94. The normalized spacial score (nSPS) is 18.3. The Kier molecular flexibility index (Phi) is 7.89. The summed E-state index contributed by atoms with van der Waals surface area (Å²) < 4.78 is 13.5. The predicted molar refractivity (Wildman–Crippen MR) is 128 cm³/mol. The maximum atomic E-state index is 13.5. The molecule has 1 unspecified atom stereocenters. The van der Waals surface area contributed by atoms with Crippen LogP contribution in [0, 0.1) is 11.7 Å². The molecule has 0 radical (unpaired) electrons. The number of nitrogens with one attached hydrogen (secondary N) is 1. The van der Waals surface area contributed by atoms with E-state index >= 15 is 0 Å². The van der Waals surface area contributed by atoms with E-state index in [-0.39, 0.29) is 23.7 Å². The molecule has 2 fully saturated rings. The number of amides is 2. The highest BCUT2D eigenvalue weighted by molar-refractivity contribution is 6.36. The van der Waals surface area contributed by atoms with Gasteiger partial charge in [-0.3, -0.25) is 14.5 Å². The fourth-order valence-electron chi connectivity index (χ4n) is 4.93. The van der Waals surface area contributed by atoms with Gasteiger partial charge in [0.1, 0.15) is 5.82 Å². The zero-order valence-electron chi connectivity index (χ0n) is 18.4. The van der Waals surface area contributed by atoms with Gasteiger partial charge in [-0.25, -0.2) is 4.39 Å². The molecule has 1 saturated heterocycles. The molecule has 2 amide bonds. The second-order valence-corrected chi connectivity index (χ2v) is 9.63. The maximum absolute atomic E-state index is 13.5. The van der Waals surface area contributed by atoms with Gasteiger partial charge in [-0.2, -0.15) is 0 Å². The lowest BCUT2D eigenvalue weighted by molar-refractivity contribution is -0.129. The molecule has 2 aromatic carbocycles. The third kappa shape index (κ3) is 5.86. The lowest BCUT2D eigenvalue weighted by Gasteiger charge is -2.40. The van der Waals surface area contributed by atoms with Crippen LogP contribution in [0.2, 0.25) is 10.0 Å². The van der Waals surface area contributed by atoms with Crippen molar-refractivity contribution in [2.75, 3.05) is 26.2 Å². The summed E-state index contributed by atoms with van der Waals surface area (Å²) in [6, 6.07) is 10.9. The molecule has 2 aliphatic rings. The van der Waals surface area contributed by atoms with E-state index in [1.54, 1.807) is 35.2 Å². The van der Waals surface area contributed by atoms with Gasteiger partial charge in [0.05, 0.1) is 16.6 Å². The van der Waals surface area contributed by atoms with Gasteiger partial charge in [0, 0.05) is 37.7 Å². The van der Waals surface area contributed by atoms with Crippen LogP contribution >= 0.6 is 23.2 Å². The minimum Gasteiger partial charge on any atom is -0.351 e. The molecule has 1 atom stereocenters. The Morgan fingerprint density at radius 3 is 2.42 bits per heavy atom. The summed E-state index contributed by atoms with van der Waals surface area (Å²) in [5.74, 6) is -0.155. The molecular formula is C25H28Cl2FN3O2. The van der Waals surface area contributed by atoms with E-state index in [4.69, 9.17) is 23.2 Å². The summed E-state index contributed by atoms with van der Waals surface area (Å²) in [7, 11) is 0. The number of carbonyl (C=O) groups excluding carboxylic acids is 2. The molecule has 0 bridgehead atoms. The average Bonchev–Trinajstić information content (AvgIpc) is 3.32. The van der Waals surface area contributed by atoms with E-state index in [1.165, 1.54) is 12.1 Å². The van der Waals surface area contributed by atoms with E-state index in [0.29, 0.717) is 54.3 Å². The Hall–Kier alpha value is -2.15. The van der Waals surface area contributed by atoms with Gasteiger partial charge < -0.3 is 10.2 Å². The first-order chi connectivity index (χ1) is 15.9. The second kappa shape index (κ2) is 10.9. The van der Waals surface area contributed by atoms with Crippen LogP contribution < -0.4 is 5.32 Å². The first-order valence-electron chi connectivity index (χ1n) is 11.4. The van der Waals surface area contributed by atoms with Crippen LogP contribution in [0.4, 0.5) is 4.39 Å². The molecule has 8 heteroatoms. The average molecular weight is 492 g/mol. The van der Waals surface area contributed by atoms with Crippen LogP contribution in [0.5, 0.6) is 0 Å². The third-order valence-electron chi connectivity index (χ3n) is 6.63. The zero-order valence-corrected chi connectivity index (χ0v) is 19.9. The van der Waals surface area contributed by atoms with Crippen molar-refractivity contribution in [2.45, 2.75) is 38.3 Å². The Labute approximate surface area is 203 Å². The van der Waals surface area contributed by atoms with Crippen molar-refractivity contribution in [3.05, 3.63) is 69.5 Å². The first kappa shape index (κ1) is 24.0. The van der Waals surface area contributed by atoms with Crippen LogP contribution in [0.1, 0.15) is 41.6 Å². The summed E-state index contributed by atoms with van der Waals surface area (Å²) in [4.78, 5) is 30.2. The van der Waals surface area contributed by atoms with Gasteiger partial charge in [-0.1, -0.05) is 48.2 Å². The number of hydrogen-bond acceptors (Lipinski definition) is 3. The highest BCUT2D eigenvalue weighted by atomic mass is 35.5. The van der Waals surface area contributed by atoms with E-state index in [0.717, 1.165) is 31.2 Å². The number of benzene rings is 2. The molecule has 1 aliphatic carbocycles. The van der Waals surface area contributed by atoms with Crippen molar-refractivity contribution in [1.29, 1.82) is 0 Å². The lowest BCUT2D eigenvalue weighted by Crippen LogP contribution is -2.57. The minimum absolute atomic E-state index is 0.0216. The molecule has 0 aromatic heterocycles. The zero-order chi connectivity index (χ0) is 23.4. The number of rotatable bonds is 6. The van der Waals surface area contributed by atoms with Gasteiger partial charge >= 0.3 is 0 Å². The third-order valence-corrected chi connectivity index (χ3v) is 7.17. The SMILES string of the molecule is O=C(NCc1cccc(F)c1)C(C1CCCC1)N1CCN(C(=O)c2ccc(Cl)cc2Cl)CC1. The maximum Gasteiger partial charge on any atom is 0.255 e. The van der Waals surface area contributed by atoms with Crippen LogP contribution in [0.25, 0.3) is 0 Å². The highest BCUT2D eigenvalue weighted by Gasteiger charge is 2.37. The number of piperazine rings is 1. The number of carbonyl (C=O) groups is 2. The molecule has 1 N–H and O–H groups in total. The molecule has 5 nitrogen and oxygen atoms in total. The van der Waals surface area contributed by atoms with Crippen LogP contribution in [-0.4, -0.2) is 53.8 Å². The van der Waals surface area contributed by atoms with Crippen molar-refractivity contribution in [2.24, 2.45) is 5.92 Å². The summed E-state index contributed by atoms with van der Waals surface area (Å²) in [6.07, 6.45) is 4.31. The molecule has 0 spiro atoms. The monoisotopic (exact) mass is 491 g/mol. The molecule has 176 valence electrons. The van der Waals surface area contributed by atoms with Crippen molar-refractivity contribution in [1.82, 2.24) is 15.1 Å². The Bertz CT molecular complexity index is 1000. The topological polar surface area (TPSA) is 52.7 Å². The van der Waals surface area contributed by atoms with E-state index in [9.17, 15) is 14.0 Å². The molecule has 33 heavy (non-hydrogen) atoms. The van der Waals surface area contributed by atoms with Crippen LogP contribution in [0.15, 0.2) is 42.5 Å². The van der Waals surface area contributed by atoms with Crippen molar-refractivity contribution >= 4 is 35.0 Å². The minimum atomic E-state index is -0.310. The molecular weight excluding hydrogens is 464 g/mol. The van der Waals surface area contributed by atoms with Crippen molar-refractivity contribution < 1.29 is 14.0 Å². The number of hydrogen-bond donors (Lipinski definition) is 1. The van der Waals surface area contributed by atoms with Crippen LogP contribution in [-0.2, 0) is 11.3 Å². The largest absolute Gasteiger partial charge is 0.351 e. The van der Waals surface area contributed by atoms with Crippen LogP contribution in [0.3, 0.4) is 0 Å². The van der Waals surface area contributed by atoms with Gasteiger partial charge in [0.25, 0.3) is 5.91 Å². The van der Waals surface area contributed by atoms with E-state index in [2.05, 4.69) is 10.2 Å². The highest BCUT2D eigenvalue weighted by Crippen LogP contribution is 2.31. The smallest absolute Gasteiger partial charge is 0.255 e. The molecule has 1 heterocycles. The predicted octanol–water partition coefficient (Wildman–Crippen LogP) is 4.77. The van der Waals surface area contributed by atoms with Crippen molar-refractivity contribution in [3.8, 4) is 0 Å². The first-order valence-corrected chi connectivity index (χ1v) is 12.2. The fourth-order valence-corrected chi connectivity index (χ4v) is 5.42.